The van der Waals surface area contributed by atoms with Gasteiger partial charge < -0.3 is 9.72 Å². The molecule has 1 unspecified atom stereocenters. The topological polar surface area (TPSA) is 69.1 Å². The Morgan fingerprint density at radius 2 is 2.25 bits per heavy atom. The van der Waals surface area contributed by atoms with Crippen molar-refractivity contribution in [1.82, 2.24) is 9.88 Å². The molecular weight excluding hydrogens is 206 g/mol. The van der Waals surface area contributed by atoms with E-state index in [-0.39, 0.29) is 11.6 Å². The van der Waals surface area contributed by atoms with Gasteiger partial charge in [-0.2, -0.15) is 5.26 Å². The fraction of sp³-hybridized carbons (Fsp3) is 0.455. The summed E-state index contributed by atoms with van der Waals surface area (Å²) < 4.78 is 5.23. The highest BCUT2D eigenvalue weighted by Crippen LogP contribution is 2.19. The number of pyridine rings is 1. The summed E-state index contributed by atoms with van der Waals surface area (Å²) in [4.78, 5) is 15.8. The third kappa shape index (κ3) is 2.30. The fourth-order valence-electron chi connectivity index (χ4n) is 1.83. The van der Waals surface area contributed by atoms with Crippen LogP contribution < -0.4 is 5.56 Å². The number of ether oxygens (including phenoxy) is 1. The lowest BCUT2D eigenvalue weighted by atomic mass is 10.1. The largest absolute Gasteiger partial charge is 0.379 e. The van der Waals surface area contributed by atoms with Crippen LogP contribution in [0, 0.1) is 11.3 Å². The number of nitrogens with zero attached hydrogens (tertiary/aromatic N) is 2. The maximum absolute atomic E-state index is 11.2. The van der Waals surface area contributed by atoms with Crippen molar-refractivity contribution in [2.75, 3.05) is 26.3 Å². The summed E-state index contributed by atoms with van der Waals surface area (Å²) in [7, 11) is 0. The first-order chi connectivity index (χ1) is 7.81. The van der Waals surface area contributed by atoms with E-state index in [1.54, 1.807) is 12.3 Å². The van der Waals surface area contributed by atoms with Gasteiger partial charge >= 0.3 is 0 Å². The lowest BCUT2D eigenvalue weighted by molar-refractivity contribution is 0.0266. The van der Waals surface area contributed by atoms with Crippen LogP contribution >= 0.6 is 0 Å². The third-order valence-electron chi connectivity index (χ3n) is 2.65. The molecule has 1 fully saturated rings. The number of nitriles is 1. The van der Waals surface area contributed by atoms with Crippen molar-refractivity contribution in [3.05, 3.63) is 34.2 Å². The minimum absolute atomic E-state index is 0.175. The number of H-pyrrole nitrogens is 1. The smallest absolute Gasteiger partial charge is 0.248 e. The summed E-state index contributed by atoms with van der Waals surface area (Å²) in [5, 5.41) is 9.18. The zero-order valence-corrected chi connectivity index (χ0v) is 8.85. The van der Waals surface area contributed by atoms with Crippen LogP contribution in [0.25, 0.3) is 0 Å². The van der Waals surface area contributed by atoms with Crippen molar-refractivity contribution in [2.24, 2.45) is 0 Å². The zero-order chi connectivity index (χ0) is 11.4. The molecule has 1 aliphatic rings. The van der Waals surface area contributed by atoms with E-state index in [9.17, 15) is 10.1 Å². The van der Waals surface area contributed by atoms with Gasteiger partial charge in [0.05, 0.1) is 19.3 Å². The van der Waals surface area contributed by atoms with Gasteiger partial charge in [-0.05, 0) is 11.6 Å². The highest BCUT2D eigenvalue weighted by molar-refractivity contribution is 5.21. The molecule has 0 bridgehead atoms. The lowest BCUT2D eigenvalue weighted by Gasteiger charge is -2.30. The number of hydrogen-bond donors (Lipinski definition) is 1. The van der Waals surface area contributed by atoms with Crippen molar-refractivity contribution in [1.29, 1.82) is 5.26 Å². The molecule has 1 aromatic heterocycles. The van der Waals surface area contributed by atoms with Crippen LogP contribution in [0.4, 0.5) is 0 Å². The Hall–Kier alpha value is -1.64. The van der Waals surface area contributed by atoms with Gasteiger partial charge in [-0.25, -0.2) is 0 Å². The normalized spacial score (nSPS) is 18.9. The Labute approximate surface area is 93.3 Å². The second-order valence-electron chi connectivity index (χ2n) is 3.67. The van der Waals surface area contributed by atoms with E-state index in [0.29, 0.717) is 13.2 Å². The Morgan fingerprint density at radius 3 is 2.88 bits per heavy atom. The van der Waals surface area contributed by atoms with Crippen LogP contribution in [-0.4, -0.2) is 36.2 Å². The minimum atomic E-state index is -0.355. The Bertz CT molecular complexity index is 443. The summed E-state index contributed by atoms with van der Waals surface area (Å²) in [6.45, 7) is 2.73. The molecule has 0 spiro atoms. The molecule has 0 aromatic carbocycles. The van der Waals surface area contributed by atoms with Gasteiger partial charge in [0.2, 0.25) is 5.56 Å². The highest BCUT2D eigenvalue weighted by atomic mass is 16.5. The Kier molecular flexibility index (Phi) is 3.34. The molecule has 5 heteroatoms. The number of aromatic nitrogens is 1. The van der Waals surface area contributed by atoms with Gasteiger partial charge in [0, 0.05) is 25.4 Å². The van der Waals surface area contributed by atoms with Crippen molar-refractivity contribution < 1.29 is 4.74 Å². The predicted octanol–water partition coefficient (Wildman–Crippen LogP) is 0.272. The van der Waals surface area contributed by atoms with Crippen molar-refractivity contribution >= 4 is 0 Å². The molecule has 1 aromatic rings. The van der Waals surface area contributed by atoms with E-state index in [0.717, 1.165) is 18.7 Å². The second-order valence-corrected chi connectivity index (χ2v) is 3.67. The van der Waals surface area contributed by atoms with E-state index < -0.39 is 0 Å². The summed E-state index contributed by atoms with van der Waals surface area (Å²) >= 11 is 0. The second kappa shape index (κ2) is 4.92. The van der Waals surface area contributed by atoms with Crippen molar-refractivity contribution in [3.8, 4) is 6.07 Å². The molecule has 0 radical (unpaired) electrons. The minimum Gasteiger partial charge on any atom is -0.379 e. The molecule has 1 aliphatic heterocycles. The van der Waals surface area contributed by atoms with Crippen LogP contribution in [0.1, 0.15) is 11.6 Å². The maximum atomic E-state index is 11.2. The van der Waals surface area contributed by atoms with E-state index in [1.807, 2.05) is 4.90 Å². The number of aromatic amines is 1. The maximum Gasteiger partial charge on any atom is 0.248 e. The molecule has 0 amide bonds. The average molecular weight is 219 g/mol. The lowest BCUT2D eigenvalue weighted by Crippen LogP contribution is -2.38. The van der Waals surface area contributed by atoms with Crippen LogP contribution in [0.5, 0.6) is 0 Å². The standard InChI is InChI=1S/C11H13N3O2/c12-8-10(14-3-5-16-6-4-14)9-1-2-13-11(15)7-9/h1-2,7,10H,3-6H2,(H,13,15). The van der Waals surface area contributed by atoms with Gasteiger partial charge in [-0.15, -0.1) is 0 Å². The third-order valence-corrected chi connectivity index (χ3v) is 2.65. The SMILES string of the molecule is N#CC(c1cc[nH]c(=O)c1)N1CCOCC1. The quantitative estimate of drug-likeness (QED) is 0.775. The van der Waals surface area contributed by atoms with Gasteiger partial charge in [-0.1, -0.05) is 0 Å². The molecule has 0 aliphatic carbocycles. The number of morpholine rings is 1. The molecule has 1 N–H and O–H groups in total. The summed E-state index contributed by atoms with van der Waals surface area (Å²) in [5.41, 5.74) is 0.569. The predicted molar refractivity (Wildman–Crippen MR) is 57.8 cm³/mol. The van der Waals surface area contributed by atoms with Crippen molar-refractivity contribution in [2.45, 2.75) is 6.04 Å². The van der Waals surface area contributed by atoms with Crippen LogP contribution in [0.2, 0.25) is 0 Å². The molecule has 1 atom stereocenters. The van der Waals surface area contributed by atoms with E-state index in [1.165, 1.54) is 6.07 Å². The number of nitrogens with one attached hydrogen (secondary N) is 1. The molecule has 16 heavy (non-hydrogen) atoms. The summed E-state index contributed by atoms with van der Waals surface area (Å²) in [6.07, 6.45) is 1.57. The van der Waals surface area contributed by atoms with Gasteiger partial charge in [-0.3, -0.25) is 9.69 Å². The van der Waals surface area contributed by atoms with E-state index >= 15 is 0 Å². The first kappa shape index (κ1) is 10.9. The first-order valence-electron chi connectivity index (χ1n) is 5.21. The van der Waals surface area contributed by atoms with Gasteiger partial charge in [0.15, 0.2) is 0 Å². The molecule has 2 rings (SSSR count). The van der Waals surface area contributed by atoms with Crippen LogP contribution in [-0.2, 0) is 4.74 Å². The monoisotopic (exact) mass is 219 g/mol. The van der Waals surface area contributed by atoms with Crippen LogP contribution in [0.15, 0.2) is 23.1 Å². The van der Waals surface area contributed by atoms with Crippen molar-refractivity contribution in [3.63, 3.8) is 0 Å². The average Bonchev–Trinajstić information content (AvgIpc) is 2.31. The molecular formula is C11H13N3O2. The fourth-order valence-corrected chi connectivity index (χ4v) is 1.83. The summed E-state index contributed by atoms with van der Waals surface area (Å²) in [5.74, 6) is 0. The molecule has 1 saturated heterocycles. The number of hydrogen-bond acceptors (Lipinski definition) is 4. The molecule has 84 valence electrons. The van der Waals surface area contributed by atoms with Crippen LogP contribution in [0.3, 0.4) is 0 Å². The Balaban J connectivity index is 2.22. The zero-order valence-electron chi connectivity index (χ0n) is 8.85. The highest BCUT2D eigenvalue weighted by Gasteiger charge is 2.22. The Morgan fingerprint density at radius 1 is 1.50 bits per heavy atom. The van der Waals surface area contributed by atoms with E-state index in [2.05, 4.69) is 11.1 Å². The molecule has 5 nitrogen and oxygen atoms in total. The van der Waals surface area contributed by atoms with Gasteiger partial charge in [0.25, 0.3) is 0 Å². The van der Waals surface area contributed by atoms with Gasteiger partial charge in [0.1, 0.15) is 6.04 Å². The molecule has 0 saturated carbocycles. The van der Waals surface area contributed by atoms with E-state index in [4.69, 9.17) is 4.74 Å². The summed E-state index contributed by atoms with van der Waals surface area (Å²) in [6, 6.07) is 5.12. The first-order valence-corrected chi connectivity index (χ1v) is 5.21. The number of rotatable bonds is 2. The molecule has 2 heterocycles.